The van der Waals surface area contributed by atoms with Crippen LogP contribution in [-0.2, 0) is 17.3 Å². The third-order valence-electron chi connectivity index (χ3n) is 3.90. The lowest BCUT2D eigenvalue weighted by molar-refractivity contribution is -0.138. The van der Waals surface area contributed by atoms with Gasteiger partial charge in [-0.2, -0.15) is 13.2 Å². The van der Waals surface area contributed by atoms with Gasteiger partial charge in [0.05, 0.1) is 18.2 Å². The Balaban J connectivity index is 2.37. The number of rotatable bonds is 3. The largest absolute Gasteiger partial charge is 0.465 e. The van der Waals surface area contributed by atoms with E-state index in [0.29, 0.717) is 12.0 Å². The zero-order valence-corrected chi connectivity index (χ0v) is 13.9. The molecule has 0 atom stereocenters. The maximum atomic E-state index is 13.4. The van der Waals surface area contributed by atoms with E-state index >= 15 is 0 Å². The number of carbonyl (C=O) groups is 2. The van der Waals surface area contributed by atoms with E-state index in [1.807, 2.05) is 0 Å². The predicted octanol–water partition coefficient (Wildman–Crippen LogP) is 4.00. The molecule has 0 aliphatic carbocycles. The molecule has 1 aliphatic rings. The summed E-state index contributed by atoms with van der Waals surface area (Å²) < 4.78 is 44.6. The quantitative estimate of drug-likeness (QED) is 0.638. The lowest BCUT2D eigenvalue weighted by atomic mass is 9.94. The Morgan fingerprint density at radius 3 is 2.52 bits per heavy atom. The smallest absolute Gasteiger partial charge is 0.416 e. The van der Waals surface area contributed by atoms with Crippen molar-refractivity contribution in [1.29, 1.82) is 0 Å². The molecular formula is C16H15ClF3NO4. The van der Waals surface area contributed by atoms with E-state index in [9.17, 15) is 22.8 Å². The van der Waals surface area contributed by atoms with Crippen LogP contribution in [0, 0.1) is 0 Å². The number of esters is 1. The number of alkyl halides is 3. The maximum Gasteiger partial charge on any atom is 0.416 e. The zero-order chi connectivity index (χ0) is 18.8. The Kier molecular flexibility index (Phi) is 5.62. The molecule has 25 heavy (non-hydrogen) atoms. The first-order chi connectivity index (χ1) is 11.6. The number of ether oxygens (including phenoxy) is 1. The Bertz CT molecular complexity index is 731. The topological polar surface area (TPSA) is 66.8 Å². The fraction of sp³-hybridized carbons (Fsp3) is 0.375. The summed E-state index contributed by atoms with van der Waals surface area (Å²) >= 11 is 6.00. The number of amides is 1. The van der Waals surface area contributed by atoms with Gasteiger partial charge in [0.2, 0.25) is 0 Å². The van der Waals surface area contributed by atoms with Crippen LogP contribution in [0.25, 0.3) is 0 Å². The summed E-state index contributed by atoms with van der Waals surface area (Å²) in [5.41, 5.74) is -0.757. The third kappa shape index (κ3) is 4.45. The Morgan fingerprint density at radius 2 is 2.04 bits per heavy atom. The molecule has 136 valence electrons. The Morgan fingerprint density at radius 1 is 1.36 bits per heavy atom. The van der Waals surface area contributed by atoms with Gasteiger partial charge in [-0.1, -0.05) is 23.3 Å². The molecule has 5 nitrogen and oxygen atoms in total. The summed E-state index contributed by atoms with van der Waals surface area (Å²) in [6, 6.07) is 1.87. The Labute approximate surface area is 146 Å². The fourth-order valence-corrected chi connectivity index (χ4v) is 2.86. The van der Waals surface area contributed by atoms with E-state index in [1.54, 1.807) is 6.08 Å². The van der Waals surface area contributed by atoms with Crippen molar-refractivity contribution in [2.75, 3.05) is 20.2 Å². The second-order valence-corrected chi connectivity index (χ2v) is 5.90. The van der Waals surface area contributed by atoms with Gasteiger partial charge in [-0.3, -0.25) is 0 Å². The Hall–Kier alpha value is -2.22. The van der Waals surface area contributed by atoms with E-state index in [0.717, 1.165) is 24.1 Å². The lowest BCUT2D eigenvalue weighted by Gasteiger charge is -2.25. The molecule has 1 N–H and O–H groups in total. The number of hydrogen-bond acceptors (Lipinski definition) is 3. The van der Waals surface area contributed by atoms with Crippen molar-refractivity contribution in [2.24, 2.45) is 0 Å². The van der Waals surface area contributed by atoms with Crippen LogP contribution < -0.4 is 0 Å². The zero-order valence-electron chi connectivity index (χ0n) is 13.2. The predicted molar refractivity (Wildman–Crippen MR) is 83.8 cm³/mol. The maximum absolute atomic E-state index is 13.4. The molecule has 1 aromatic rings. The number of halogens is 4. The van der Waals surface area contributed by atoms with Crippen molar-refractivity contribution in [2.45, 2.75) is 19.0 Å². The van der Waals surface area contributed by atoms with Crippen molar-refractivity contribution in [3.8, 4) is 0 Å². The van der Waals surface area contributed by atoms with Crippen LogP contribution in [0.2, 0.25) is 5.02 Å². The van der Waals surface area contributed by atoms with Crippen molar-refractivity contribution in [1.82, 2.24) is 4.90 Å². The molecule has 1 aromatic carbocycles. The monoisotopic (exact) mass is 377 g/mol. The summed E-state index contributed by atoms with van der Waals surface area (Å²) in [6.45, 7) is 0.324. The van der Waals surface area contributed by atoms with Crippen molar-refractivity contribution in [3.63, 3.8) is 0 Å². The van der Waals surface area contributed by atoms with Crippen LogP contribution in [0.5, 0.6) is 0 Å². The highest BCUT2D eigenvalue weighted by Gasteiger charge is 2.35. The number of nitrogens with zero attached hydrogens (tertiary/aromatic N) is 1. The molecule has 0 saturated carbocycles. The van der Waals surface area contributed by atoms with Gasteiger partial charge >= 0.3 is 18.2 Å². The minimum absolute atomic E-state index is 0.0669. The minimum Gasteiger partial charge on any atom is -0.465 e. The highest BCUT2D eigenvalue weighted by Crippen LogP contribution is 2.38. The second-order valence-electron chi connectivity index (χ2n) is 5.49. The average Bonchev–Trinajstić information content (AvgIpc) is 2.55. The summed E-state index contributed by atoms with van der Waals surface area (Å²) in [7, 11) is 1.07. The molecule has 0 aromatic heterocycles. The van der Waals surface area contributed by atoms with E-state index in [-0.39, 0.29) is 35.7 Å². The molecule has 1 aliphatic heterocycles. The first-order valence-electron chi connectivity index (χ1n) is 7.27. The number of carbonyl (C=O) groups excluding carboxylic acids is 1. The molecule has 0 bridgehead atoms. The van der Waals surface area contributed by atoms with Crippen LogP contribution >= 0.6 is 11.6 Å². The number of benzene rings is 1. The van der Waals surface area contributed by atoms with Crippen LogP contribution in [-0.4, -0.2) is 42.3 Å². The van der Waals surface area contributed by atoms with E-state index in [4.69, 9.17) is 16.7 Å². The van der Waals surface area contributed by atoms with Crippen molar-refractivity contribution < 1.29 is 32.6 Å². The molecule has 0 spiro atoms. The molecular weight excluding hydrogens is 363 g/mol. The highest BCUT2D eigenvalue weighted by molar-refractivity contribution is 6.31. The summed E-state index contributed by atoms with van der Waals surface area (Å²) in [4.78, 5) is 23.6. The lowest BCUT2D eigenvalue weighted by Crippen LogP contribution is -2.33. The van der Waals surface area contributed by atoms with Gasteiger partial charge in [0.1, 0.15) is 0 Å². The average molecular weight is 378 g/mol. The van der Waals surface area contributed by atoms with Gasteiger partial charge < -0.3 is 14.7 Å². The molecule has 1 amide bonds. The van der Waals surface area contributed by atoms with Crippen LogP contribution in [0.4, 0.5) is 18.0 Å². The van der Waals surface area contributed by atoms with Crippen LogP contribution in [0.3, 0.4) is 0 Å². The first-order valence-corrected chi connectivity index (χ1v) is 7.65. The molecule has 9 heteroatoms. The molecule has 0 radical (unpaired) electrons. The van der Waals surface area contributed by atoms with Gasteiger partial charge in [-0.05, 0) is 30.5 Å². The van der Waals surface area contributed by atoms with Gasteiger partial charge in [0, 0.05) is 18.1 Å². The summed E-state index contributed by atoms with van der Waals surface area (Å²) in [5.74, 6) is -0.909. The van der Waals surface area contributed by atoms with E-state index < -0.39 is 23.8 Å². The molecule has 2 rings (SSSR count). The standard InChI is InChI=1S/C16H15ClF3NO4/c1-25-14(22)10-7-12(16(18,19)20)11(13(17)8-10)6-9-2-4-21(5-3-9)15(23)24/h2,7-8H,3-6H2,1H3,(H,23,24). The first kappa shape index (κ1) is 19.1. The SMILES string of the molecule is COC(=O)c1cc(Cl)c(CC2=CCN(C(=O)O)CC2)c(C(F)(F)F)c1. The van der Waals surface area contributed by atoms with Gasteiger partial charge in [0.25, 0.3) is 0 Å². The highest BCUT2D eigenvalue weighted by atomic mass is 35.5. The van der Waals surface area contributed by atoms with Crippen LogP contribution in [0.15, 0.2) is 23.8 Å². The minimum atomic E-state index is -4.69. The second kappa shape index (κ2) is 7.35. The normalized spacial score (nSPS) is 14.9. The summed E-state index contributed by atoms with van der Waals surface area (Å²) in [6.07, 6.45) is -3.93. The van der Waals surface area contributed by atoms with Gasteiger partial charge in [-0.15, -0.1) is 0 Å². The third-order valence-corrected chi connectivity index (χ3v) is 4.24. The van der Waals surface area contributed by atoms with Gasteiger partial charge in [-0.25, -0.2) is 9.59 Å². The van der Waals surface area contributed by atoms with E-state index in [2.05, 4.69) is 4.74 Å². The number of carboxylic acid groups (broad SMARTS) is 1. The van der Waals surface area contributed by atoms with Gasteiger partial charge in [0.15, 0.2) is 0 Å². The number of methoxy groups -OCH3 is 1. The number of hydrogen-bond donors (Lipinski definition) is 1. The van der Waals surface area contributed by atoms with Crippen molar-refractivity contribution >= 4 is 23.7 Å². The van der Waals surface area contributed by atoms with Crippen molar-refractivity contribution in [3.05, 3.63) is 45.5 Å². The molecule has 0 fully saturated rings. The van der Waals surface area contributed by atoms with E-state index in [1.165, 1.54) is 0 Å². The summed E-state index contributed by atoms with van der Waals surface area (Å²) in [5, 5.41) is 8.71. The molecule has 1 heterocycles. The molecule has 0 unspecified atom stereocenters. The fourth-order valence-electron chi connectivity index (χ4n) is 2.58. The molecule has 0 saturated heterocycles. The van der Waals surface area contributed by atoms with Crippen LogP contribution in [0.1, 0.15) is 27.9 Å².